The van der Waals surface area contributed by atoms with Gasteiger partial charge in [-0.3, -0.25) is 9.59 Å². The van der Waals surface area contributed by atoms with Crippen molar-refractivity contribution in [2.75, 3.05) is 39.9 Å². The molecule has 2 heterocycles. The van der Waals surface area contributed by atoms with E-state index in [2.05, 4.69) is 0 Å². The molecule has 1 aromatic carbocycles. The lowest BCUT2D eigenvalue weighted by atomic mass is 9.78. The second-order valence-corrected chi connectivity index (χ2v) is 7.18. The molecule has 136 valence electrons. The zero-order valence-corrected chi connectivity index (χ0v) is 15.0. The molecule has 5 nitrogen and oxygen atoms in total. The molecule has 2 aliphatic heterocycles. The molecule has 0 saturated carbocycles. The Hall–Kier alpha value is -1.66. The third kappa shape index (κ3) is 3.51. The lowest BCUT2D eigenvalue weighted by molar-refractivity contribution is -0.146. The number of nitrogens with zero attached hydrogens (tertiary/aromatic N) is 2. The second kappa shape index (κ2) is 7.30. The van der Waals surface area contributed by atoms with Gasteiger partial charge in [-0.1, -0.05) is 11.6 Å². The van der Waals surface area contributed by atoms with Gasteiger partial charge in [-0.15, -0.1) is 0 Å². The summed E-state index contributed by atoms with van der Waals surface area (Å²) in [6, 6.07) is 3.97. The number of hydrogen-bond donors (Lipinski definition) is 0. The highest BCUT2D eigenvalue weighted by Gasteiger charge is 2.49. The smallest absolute Gasteiger partial charge is 0.253 e. The minimum Gasteiger partial charge on any atom is -0.383 e. The molecule has 0 bridgehead atoms. The van der Waals surface area contributed by atoms with Crippen LogP contribution >= 0.6 is 11.6 Å². The topological polar surface area (TPSA) is 49.9 Å². The van der Waals surface area contributed by atoms with Gasteiger partial charge in [-0.2, -0.15) is 0 Å². The summed E-state index contributed by atoms with van der Waals surface area (Å²) in [6.07, 6.45) is 2.39. The van der Waals surface area contributed by atoms with E-state index in [1.807, 2.05) is 4.90 Å². The van der Waals surface area contributed by atoms with Gasteiger partial charge in [0.1, 0.15) is 5.82 Å². The van der Waals surface area contributed by atoms with Crippen LogP contribution < -0.4 is 0 Å². The molecule has 0 aliphatic carbocycles. The molecule has 2 amide bonds. The van der Waals surface area contributed by atoms with E-state index >= 15 is 0 Å². The predicted octanol–water partition coefficient (Wildman–Crippen LogP) is 2.58. The molecule has 1 unspecified atom stereocenters. The van der Waals surface area contributed by atoms with E-state index in [1.165, 1.54) is 18.2 Å². The lowest BCUT2D eigenvalue weighted by Gasteiger charge is -2.39. The Morgan fingerprint density at radius 1 is 1.36 bits per heavy atom. The number of carbonyl (C=O) groups is 2. The van der Waals surface area contributed by atoms with Crippen molar-refractivity contribution in [1.29, 1.82) is 0 Å². The molecular formula is C18H22ClFN2O3. The fourth-order valence-electron chi connectivity index (χ4n) is 3.80. The molecule has 25 heavy (non-hydrogen) atoms. The van der Waals surface area contributed by atoms with Crippen LogP contribution in [-0.2, 0) is 9.53 Å². The Kier molecular flexibility index (Phi) is 5.29. The molecule has 1 aromatic rings. The van der Waals surface area contributed by atoms with Gasteiger partial charge in [0.05, 0.1) is 17.0 Å². The quantitative estimate of drug-likeness (QED) is 0.820. The molecule has 2 saturated heterocycles. The minimum absolute atomic E-state index is 0.0701. The van der Waals surface area contributed by atoms with Crippen LogP contribution in [0.2, 0.25) is 5.02 Å². The molecule has 7 heteroatoms. The van der Waals surface area contributed by atoms with Crippen LogP contribution in [0.3, 0.4) is 0 Å². The first-order valence-corrected chi connectivity index (χ1v) is 8.87. The van der Waals surface area contributed by atoms with Crippen LogP contribution in [0.5, 0.6) is 0 Å². The van der Waals surface area contributed by atoms with Gasteiger partial charge in [0.15, 0.2) is 0 Å². The first-order valence-electron chi connectivity index (χ1n) is 8.49. The van der Waals surface area contributed by atoms with E-state index in [4.69, 9.17) is 16.3 Å². The zero-order chi connectivity index (χ0) is 18.0. The Balaban J connectivity index is 1.72. The van der Waals surface area contributed by atoms with E-state index in [-0.39, 0.29) is 16.8 Å². The van der Waals surface area contributed by atoms with Gasteiger partial charge in [0, 0.05) is 38.9 Å². The fraction of sp³-hybridized carbons (Fsp3) is 0.556. The van der Waals surface area contributed by atoms with Crippen molar-refractivity contribution in [3.63, 3.8) is 0 Å². The van der Waals surface area contributed by atoms with E-state index in [0.717, 1.165) is 19.4 Å². The highest BCUT2D eigenvalue weighted by molar-refractivity contribution is 6.31. The van der Waals surface area contributed by atoms with Gasteiger partial charge < -0.3 is 14.5 Å². The summed E-state index contributed by atoms with van der Waals surface area (Å²) in [5, 5.41) is -0.0701. The summed E-state index contributed by atoms with van der Waals surface area (Å²) in [7, 11) is 1.62. The SMILES string of the molecule is COCCN1CCCC2(CCN(C(=O)c3ccc(F)c(Cl)c3)C2)C1=O. The summed E-state index contributed by atoms with van der Waals surface area (Å²) < 4.78 is 18.4. The molecule has 1 spiro atoms. The number of carbonyl (C=O) groups excluding carboxylic acids is 2. The normalized spacial score (nSPS) is 23.6. The average Bonchev–Trinajstić information content (AvgIpc) is 3.03. The number of methoxy groups -OCH3 is 1. The van der Waals surface area contributed by atoms with Crippen molar-refractivity contribution in [2.45, 2.75) is 19.3 Å². The van der Waals surface area contributed by atoms with Crippen molar-refractivity contribution in [3.05, 3.63) is 34.6 Å². The predicted molar refractivity (Wildman–Crippen MR) is 92.1 cm³/mol. The maximum atomic E-state index is 13.3. The van der Waals surface area contributed by atoms with E-state index in [1.54, 1.807) is 12.0 Å². The molecule has 1 atom stereocenters. The molecule has 0 aromatic heterocycles. The number of benzene rings is 1. The number of amides is 2. The number of halogens is 2. The van der Waals surface area contributed by atoms with Crippen LogP contribution in [0.15, 0.2) is 18.2 Å². The lowest BCUT2D eigenvalue weighted by Crippen LogP contribution is -2.51. The van der Waals surface area contributed by atoms with Crippen LogP contribution in [0.4, 0.5) is 4.39 Å². The second-order valence-electron chi connectivity index (χ2n) is 6.77. The largest absolute Gasteiger partial charge is 0.383 e. The number of ether oxygens (including phenoxy) is 1. The number of rotatable bonds is 4. The van der Waals surface area contributed by atoms with Crippen LogP contribution in [0.1, 0.15) is 29.6 Å². The molecule has 2 aliphatic rings. The standard InChI is InChI=1S/C18H22ClFN2O3/c1-25-10-9-21-7-2-5-18(17(21)24)6-8-22(12-18)16(23)13-3-4-15(20)14(19)11-13/h3-4,11H,2,5-10,12H2,1H3. The number of likely N-dealkylation sites (tertiary alicyclic amines) is 2. The summed E-state index contributed by atoms with van der Waals surface area (Å²) in [5.41, 5.74) is -0.145. The van der Waals surface area contributed by atoms with Crippen molar-refractivity contribution in [2.24, 2.45) is 5.41 Å². The Morgan fingerprint density at radius 3 is 2.88 bits per heavy atom. The monoisotopic (exact) mass is 368 g/mol. The highest BCUT2D eigenvalue weighted by atomic mass is 35.5. The Morgan fingerprint density at radius 2 is 2.16 bits per heavy atom. The third-order valence-corrected chi connectivity index (χ3v) is 5.49. The number of piperidine rings is 1. The maximum absolute atomic E-state index is 13.3. The molecule has 0 N–H and O–H groups in total. The minimum atomic E-state index is -0.549. The first kappa shape index (κ1) is 18.1. The van der Waals surface area contributed by atoms with Gasteiger partial charge in [-0.25, -0.2) is 4.39 Å². The first-order chi connectivity index (χ1) is 12.0. The molecular weight excluding hydrogens is 347 g/mol. The zero-order valence-electron chi connectivity index (χ0n) is 14.3. The Labute approximate surface area is 151 Å². The van der Waals surface area contributed by atoms with Crippen LogP contribution in [0, 0.1) is 11.2 Å². The van der Waals surface area contributed by atoms with Gasteiger partial charge in [0.2, 0.25) is 5.91 Å². The summed E-state index contributed by atoms with van der Waals surface area (Å²) in [4.78, 5) is 29.1. The van der Waals surface area contributed by atoms with Crippen molar-refractivity contribution >= 4 is 23.4 Å². The van der Waals surface area contributed by atoms with Gasteiger partial charge in [-0.05, 0) is 37.5 Å². The van der Waals surface area contributed by atoms with Gasteiger partial charge >= 0.3 is 0 Å². The van der Waals surface area contributed by atoms with Gasteiger partial charge in [0.25, 0.3) is 5.91 Å². The van der Waals surface area contributed by atoms with E-state index < -0.39 is 11.2 Å². The van der Waals surface area contributed by atoms with Crippen molar-refractivity contribution in [1.82, 2.24) is 9.80 Å². The molecule has 0 radical (unpaired) electrons. The average molecular weight is 369 g/mol. The third-order valence-electron chi connectivity index (χ3n) is 5.20. The maximum Gasteiger partial charge on any atom is 0.253 e. The van der Waals surface area contributed by atoms with Crippen molar-refractivity contribution in [3.8, 4) is 0 Å². The highest BCUT2D eigenvalue weighted by Crippen LogP contribution is 2.40. The van der Waals surface area contributed by atoms with E-state index in [0.29, 0.717) is 38.2 Å². The van der Waals surface area contributed by atoms with Crippen LogP contribution in [-0.4, -0.2) is 61.5 Å². The Bertz CT molecular complexity index is 684. The van der Waals surface area contributed by atoms with Crippen LogP contribution in [0.25, 0.3) is 0 Å². The molecule has 2 fully saturated rings. The van der Waals surface area contributed by atoms with E-state index in [9.17, 15) is 14.0 Å². The summed E-state index contributed by atoms with van der Waals surface area (Å²) in [6.45, 7) is 2.77. The van der Waals surface area contributed by atoms with Crippen molar-refractivity contribution < 1.29 is 18.7 Å². The molecule has 3 rings (SSSR count). The number of hydrogen-bond acceptors (Lipinski definition) is 3. The fourth-order valence-corrected chi connectivity index (χ4v) is 3.98. The summed E-state index contributed by atoms with van der Waals surface area (Å²) >= 11 is 5.78. The summed E-state index contributed by atoms with van der Waals surface area (Å²) in [5.74, 6) is -0.642.